The van der Waals surface area contributed by atoms with Crippen molar-refractivity contribution in [2.75, 3.05) is 18.8 Å². The first-order chi connectivity index (χ1) is 7.61. The molecular weight excluding hydrogens is 210 g/mol. The van der Waals surface area contributed by atoms with Crippen LogP contribution in [-0.2, 0) is 16.1 Å². The maximum absolute atomic E-state index is 11.3. The Morgan fingerprint density at radius 3 is 2.75 bits per heavy atom. The predicted molar refractivity (Wildman–Crippen MR) is 58.3 cm³/mol. The molecule has 0 aliphatic heterocycles. The number of nitrogens with one attached hydrogen (secondary N) is 2. The fourth-order valence-electron chi connectivity index (χ4n) is 1.11. The average molecular weight is 225 g/mol. The van der Waals surface area contributed by atoms with Gasteiger partial charge in [-0.05, 0) is 13.0 Å². The van der Waals surface area contributed by atoms with Gasteiger partial charge in [-0.2, -0.15) is 5.10 Å². The van der Waals surface area contributed by atoms with Crippen molar-refractivity contribution in [3.8, 4) is 0 Å². The summed E-state index contributed by atoms with van der Waals surface area (Å²) >= 11 is 0. The monoisotopic (exact) mass is 225 g/mol. The van der Waals surface area contributed by atoms with E-state index in [2.05, 4.69) is 15.7 Å². The summed E-state index contributed by atoms with van der Waals surface area (Å²) in [5, 5.41) is 8.89. The molecule has 0 bridgehead atoms. The maximum atomic E-state index is 11.3. The SMILES string of the molecule is CCNC(=O)CNC(=O)Cn1ccc(N)n1. The molecule has 2 amide bonds. The predicted octanol–water partition coefficient (Wildman–Crippen LogP) is -1.28. The van der Waals surface area contributed by atoms with Crippen LogP contribution in [0, 0.1) is 0 Å². The Kier molecular flexibility index (Phi) is 4.31. The molecule has 88 valence electrons. The molecule has 0 fully saturated rings. The Morgan fingerprint density at radius 1 is 1.44 bits per heavy atom. The van der Waals surface area contributed by atoms with E-state index in [1.807, 2.05) is 6.92 Å². The number of carbonyl (C=O) groups is 2. The van der Waals surface area contributed by atoms with Crippen LogP contribution in [0.2, 0.25) is 0 Å². The molecule has 0 aliphatic rings. The summed E-state index contributed by atoms with van der Waals surface area (Å²) in [6.07, 6.45) is 1.60. The number of nitrogen functional groups attached to an aromatic ring is 1. The van der Waals surface area contributed by atoms with Gasteiger partial charge in [0.25, 0.3) is 0 Å². The second-order valence-corrected chi connectivity index (χ2v) is 3.17. The lowest BCUT2D eigenvalue weighted by Crippen LogP contribution is -2.38. The summed E-state index contributed by atoms with van der Waals surface area (Å²) in [5.74, 6) is -0.137. The number of anilines is 1. The van der Waals surface area contributed by atoms with Crippen LogP contribution in [0.5, 0.6) is 0 Å². The van der Waals surface area contributed by atoms with Crippen LogP contribution in [0.25, 0.3) is 0 Å². The summed E-state index contributed by atoms with van der Waals surface area (Å²) in [6, 6.07) is 1.59. The number of rotatable bonds is 5. The van der Waals surface area contributed by atoms with E-state index < -0.39 is 0 Å². The first-order valence-electron chi connectivity index (χ1n) is 4.94. The molecule has 0 atom stereocenters. The highest BCUT2D eigenvalue weighted by Crippen LogP contribution is 1.94. The maximum Gasteiger partial charge on any atom is 0.242 e. The van der Waals surface area contributed by atoms with E-state index >= 15 is 0 Å². The van der Waals surface area contributed by atoms with Crippen LogP contribution in [0.1, 0.15) is 6.92 Å². The Bertz CT molecular complexity index is 374. The standard InChI is InChI=1S/C9H15N5O2/c1-2-11-8(15)5-12-9(16)6-14-4-3-7(10)13-14/h3-4H,2,5-6H2,1H3,(H2,10,13)(H,11,15)(H,12,16). The van der Waals surface area contributed by atoms with Crippen molar-refractivity contribution in [3.63, 3.8) is 0 Å². The van der Waals surface area contributed by atoms with Crippen molar-refractivity contribution < 1.29 is 9.59 Å². The summed E-state index contributed by atoms with van der Waals surface area (Å²) in [6.45, 7) is 2.39. The number of nitrogens with zero attached hydrogens (tertiary/aromatic N) is 2. The van der Waals surface area contributed by atoms with Gasteiger partial charge in [-0.3, -0.25) is 14.3 Å². The lowest BCUT2D eigenvalue weighted by molar-refractivity contribution is -0.126. The van der Waals surface area contributed by atoms with E-state index in [9.17, 15) is 9.59 Å². The number of hydrogen-bond acceptors (Lipinski definition) is 4. The Morgan fingerprint density at radius 2 is 2.19 bits per heavy atom. The second kappa shape index (κ2) is 5.74. The smallest absolute Gasteiger partial charge is 0.242 e. The number of amides is 2. The van der Waals surface area contributed by atoms with Crippen molar-refractivity contribution in [2.24, 2.45) is 0 Å². The molecule has 1 aromatic heterocycles. The van der Waals surface area contributed by atoms with E-state index in [1.165, 1.54) is 4.68 Å². The van der Waals surface area contributed by atoms with Crippen LogP contribution in [-0.4, -0.2) is 34.7 Å². The third-order valence-corrected chi connectivity index (χ3v) is 1.79. The fraction of sp³-hybridized carbons (Fsp3) is 0.444. The number of hydrogen-bond donors (Lipinski definition) is 3. The Hall–Kier alpha value is -2.05. The first kappa shape index (κ1) is 12.0. The van der Waals surface area contributed by atoms with Crippen molar-refractivity contribution in [1.82, 2.24) is 20.4 Å². The van der Waals surface area contributed by atoms with Gasteiger partial charge in [-0.1, -0.05) is 0 Å². The van der Waals surface area contributed by atoms with Crippen molar-refractivity contribution in [3.05, 3.63) is 12.3 Å². The molecule has 0 aliphatic carbocycles. The number of nitrogens with two attached hydrogens (primary N) is 1. The van der Waals surface area contributed by atoms with E-state index in [4.69, 9.17) is 5.73 Å². The molecule has 1 aromatic rings. The zero-order valence-corrected chi connectivity index (χ0v) is 9.06. The average Bonchev–Trinajstić information content (AvgIpc) is 2.61. The zero-order chi connectivity index (χ0) is 12.0. The van der Waals surface area contributed by atoms with Gasteiger partial charge >= 0.3 is 0 Å². The van der Waals surface area contributed by atoms with Crippen LogP contribution < -0.4 is 16.4 Å². The summed E-state index contributed by atoms with van der Waals surface area (Å²) in [7, 11) is 0. The van der Waals surface area contributed by atoms with Gasteiger partial charge in [0.05, 0.1) is 6.54 Å². The van der Waals surface area contributed by atoms with Crippen LogP contribution in [0.3, 0.4) is 0 Å². The minimum atomic E-state index is -0.283. The highest BCUT2D eigenvalue weighted by molar-refractivity contribution is 5.84. The Labute approximate surface area is 93.0 Å². The number of likely N-dealkylation sites (N-methyl/N-ethyl adjacent to an activating group) is 1. The molecule has 1 heterocycles. The van der Waals surface area contributed by atoms with Gasteiger partial charge in [0, 0.05) is 12.7 Å². The molecule has 0 saturated heterocycles. The van der Waals surface area contributed by atoms with E-state index in [0.717, 1.165) is 0 Å². The molecule has 16 heavy (non-hydrogen) atoms. The minimum absolute atomic E-state index is 0.0244. The minimum Gasteiger partial charge on any atom is -0.382 e. The van der Waals surface area contributed by atoms with Gasteiger partial charge in [0.1, 0.15) is 12.4 Å². The highest BCUT2D eigenvalue weighted by atomic mass is 16.2. The molecule has 0 saturated carbocycles. The lowest BCUT2D eigenvalue weighted by Gasteiger charge is -2.05. The molecular formula is C9H15N5O2. The van der Waals surface area contributed by atoms with Crippen LogP contribution in [0.15, 0.2) is 12.3 Å². The molecule has 7 heteroatoms. The van der Waals surface area contributed by atoms with Gasteiger partial charge in [0.15, 0.2) is 0 Å². The van der Waals surface area contributed by atoms with Gasteiger partial charge in [0.2, 0.25) is 11.8 Å². The van der Waals surface area contributed by atoms with Crippen molar-refractivity contribution >= 4 is 17.6 Å². The fourth-order valence-corrected chi connectivity index (χ4v) is 1.11. The van der Waals surface area contributed by atoms with Gasteiger partial charge in [-0.25, -0.2) is 0 Å². The summed E-state index contributed by atoms with van der Waals surface area (Å²) < 4.78 is 1.41. The molecule has 0 unspecified atom stereocenters. The van der Waals surface area contributed by atoms with Crippen LogP contribution >= 0.6 is 0 Å². The topological polar surface area (TPSA) is 102 Å². The lowest BCUT2D eigenvalue weighted by atomic mass is 10.5. The zero-order valence-electron chi connectivity index (χ0n) is 9.06. The Balaban J connectivity index is 2.28. The normalized spacial score (nSPS) is 9.81. The van der Waals surface area contributed by atoms with Gasteiger partial charge < -0.3 is 16.4 Å². The molecule has 0 aromatic carbocycles. The molecule has 7 nitrogen and oxygen atoms in total. The quantitative estimate of drug-likeness (QED) is 0.580. The number of carbonyl (C=O) groups excluding carboxylic acids is 2. The van der Waals surface area contributed by atoms with E-state index in [-0.39, 0.29) is 24.9 Å². The third kappa shape index (κ3) is 3.99. The number of aromatic nitrogens is 2. The molecule has 1 rings (SSSR count). The molecule has 4 N–H and O–H groups in total. The van der Waals surface area contributed by atoms with E-state index in [0.29, 0.717) is 12.4 Å². The summed E-state index contributed by atoms with van der Waals surface area (Å²) in [4.78, 5) is 22.4. The summed E-state index contributed by atoms with van der Waals surface area (Å²) in [5.41, 5.74) is 5.39. The third-order valence-electron chi connectivity index (χ3n) is 1.79. The van der Waals surface area contributed by atoms with Crippen molar-refractivity contribution in [2.45, 2.75) is 13.5 Å². The second-order valence-electron chi connectivity index (χ2n) is 3.17. The van der Waals surface area contributed by atoms with Gasteiger partial charge in [-0.15, -0.1) is 0 Å². The first-order valence-corrected chi connectivity index (χ1v) is 4.94. The van der Waals surface area contributed by atoms with E-state index in [1.54, 1.807) is 12.3 Å². The largest absolute Gasteiger partial charge is 0.382 e. The van der Waals surface area contributed by atoms with Crippen LogP contribution in [0.4, 0.5) is 5.82 Å². The van der Waals surface area contributed by atoms with Crippen molar-refractivity contribution in [1.29, 1.82) is 0 Å². The highest BCUT2D eigenvalue weighted by Gasteiger charge is 2.05. The molecule has 0 spiro atoms. The molecule has 0 radical (unpaired) electrons.